The van der Waals surface area contributed by atoms with Gasteiger partial charge < -0.3 is 10.3 Å². The van der Waals surface area contributed by atoms with Crippen molar-refractivity contribution in [2.24, 2.45) is 5.73 Å². The molecule has 0 atom stereocenters. The van der Waals surface area contributed by atoms with Gasteiger partial charge in [-0.1, -0.05) is 0 Å². The van der Waals surface area contributed by atoms with Crippen molar-refractivity contribution in [2.75, 3.05) is 0 Å². The van der Waals surface area contributed by atoms with Crippen molar-refractivity contribution in [3.8, 4) is 5.69 Å². The number of nitrogens with two attached hydrogens (primary N) is 1. The van der Waals surface area contributed by atoms with Gasteiger partial charge in [0.1, 0.15) is 0 Å². The fraction of sp³-hybridized carbons (Fsp3) is 0. The smallest absolute Gasteiger partial charge is 0.269 e. The first kappa shape index (κ1) is 10.9. The van der Waals surface area contributed by atoms with Gasteiger partial charge in [0, 0.05) is 30.2 Å². The molecule has 0 spiro atoms. The first-order chi connectivity index (χ1) is 8.08. The summed E-state index contributed by atoms with van der Waals surface area (Å²) in [4.78, 5) is 20.9. The van der Waals surface area contributed by atoms with E-state index in [1.165, 1.54) is 12.1 Å². The van der Waals surface area contributed by atoms with Crippen LogP contribution in [0.5, 0.6) is 0 Å². The lowest BCUT2D eigenvalue weighted by Gasteiger charge is -2.01. The summed E-state index contributed by atoms with van der Waals surface area (Å²) in [7, 11) is 0. The van der Waals surface area contributed by atoms with Crippen molar-refractivity contribution in [3.63, 3.8) is 0 Å². The number of nitrogens with zero attached hydrogens (tertiary/aromatic N) is 2. The molecular weight excluding hydrogens is 222 g/mol. The SMILES string of the molecule is NC(=O)c1ccn(-c2ccc([N+](=O)[O-])cc2)c1. The van der Waals surface area contributed by atoms with E-state index in [-0.39, 0.29) is 5.69 Å². The first-order valence-corrected chi connectivity index (χ1v) is 4.80. The molecule has 0 radical (unpaired) electrons. The summed E-state index contributed by atoms with van der Waals surface area (Å²) >= 11 is 0. The Morgan fingerprint density at radius 1 is 1.24 bits per heavy atom. The number of nitro benzene ring substituents is 1. The molecular formula is C11H9N3O3. The number of nitro groups is 1. The molecule has 2 aromatic rings. The third-order valence-electron chi connectivity index (χ3n) is 2.34. The van der Waals surface area contributed by atoms with E-state index in [2.05, 4.69) is 0 Å². The van der Waals surface area contributed by atoms with Crippen LogP contribution in [-0.4, -0.2) is 15.4 Å². The number of hydrogen-bond donors (Lipinski definition) is 1. The average Bonchev–Trinajstić information content (AvgIpc) is 2.78. The van der Waals surface area contributed by atoms with Gasteiger partial charge in [-0.25, -0.2) is 0 Å². The van der Waals surface area contributed by atoms with Crippen LogP contribution in [0.4, 0.5) is 5.69 Å². The number of hydrogen-bond acceptors (Lipinski definition) is 3. The van der Waals surface area contributed by atoms with Crippen molar-refractivity contribution in [2.45, 2.75) is 0 Å². The maximum atomic E-state index is 10.9. The van der Waals surface area contributed by atoms with Crippen LogP contribution in [0.2, 0.25) is 0 Å². The molecule has 2 rings (SSSR count). The number of non-ortho nitro benzene ring substituents is 1. The maximum absolute atomic E-state index is 10.9. The molecule has 6 nitrogen and oxygen atoms in total. The van der Waals surface area contributed by atoms with Crippen molar-refractivity contribution < 1.29 is 9.72 Å². The second kappa shape index (κ2) is 4.09. The van der Waals surface area contributed by atoms with E-state index in [9.17, 15) is 14.9 Å². The highest BCUT2D eigenvalue weighted by atomic mass is 16.6. The van der Waals surface area contributed by atoms with Crippen LogP contribution in [0.25, 0.3) is 5.69 Å². The van der Waals surface area contributed by atoms with Gasteiger partial charge in [-0.2, -0.15) is 0 Å². The van der Waals surface area contributed by atoms with Gasteiger partial charge in [-0.05, 0) is 18.2 Å². The molecule has 0 aliphatic carbocycles. The van der Waals surface area contributed by atoms with Gasteiger partial charge in [0.2, 0.25) is 5.91 Å². The minimum absolute atomic E-state index is 0.0241. The summed E-state index contributed by atoms with van der Waals surface area (Å²) in [6.45, 7) is 0. The van der Waals surface area contributed by atoms with Gasteiger partial charge in [-0.3, -0.25) is 14.9 Å². The zero-order valence-electron chi connectivity index (χ0n) is 8.74. The highest BCUT2D eigenvalue weighted by Gasteiger charge is 2.06. The van der Waals surface area contributed by atoms with Gasteiger partial charge in [-0.15, -0.1) is 0 Å². The zero-order chi connectivity index (χ0) is 12.4. The minimum atomic E-state index is -0.509. The second-order valence-electron chi connectivity index (χ2n) is 3.45. The van der Waals surface area contributed by atoms with Crippen LogP contribution in [0, 0.1) is 10.1 Å². The molecule has 0 unspecified atom stereocenters. The number of primary amides is 1. The first-order valence-electron chi connectivity index (χ1n) is 4.80. The Bertz CT molecular complexity index is 572. The van der Waals surface area contributed by atoms with E-state index in [4.69, 9.17) is 5.73 Å². The number of benzene rings is 1. The Labute approximate surface area is 96.4 Å². The van der Waals surface area contributed by atoms with Gasteiger partial charge in [0.15, 0.2) is 0 Å². The highest BCUT2D eigenvalue weighted by molar-refractivity contribution is 5.92. The van der Waals surface area contributed by atoms with Crippen molar-refractivity contribution >= 4 is 11.6 Å². The lowest BCUT2D eigenvalue weighted by Crippen LogP contribution is -2.09. The molecule has 1 amide bonds. The van der Waals surface area contributed by atoms with Crippen molar-refractivity contribution in [1.29, 1.82) is 0 Å². The minimum Gasteiger partial charge on any atom is -0.366 e. The fourth-order valence-electron chi connectivity index (χ4n) is 1.45. The summed E-state index contributed by atoms with van der Waals surface area (Å²) in [5, 5.41) is 10.5. The Morgan fingerprint density at radius 2 is 1.88 bits per heavy atom. The van der Waals surface area contributed by atoms with E-state index in [1.54, 1.807) is 35.2 Å². The van der Waals surface area contributed by atoms with E-state index < -0.39 is 10.8 Å². The monoisotopic (exact) mass is 231 g/mol. The molecule has 0 saturated heterocycles. The Morgan fingerprint density at radius 3 is 2.35 bits per heavy atom. The maximum Gasteiger partial charge on any atom is 0.269 e. The van der Waals surface area contributed by atoms with Crippen LogP contribution < -0.4 is 5.73 Å². The molecule has 17 heavy (non-hydrogen) atoms. The summed E-state index contributed by atoms with van der Waals surface area (Å²) < 4.78 is 1.67. The largest absolute Gasteiger partial charge is 0.366 e. The van der Waals surface area contributed by atoms with Crippen molar-refractivity contribution in [1.82, 2.24) is 4.57 Å². The quantitative estimate of drug-likeness (QED) is 0.640. The van der Waals surface area contributed by atoms with Crippen LogP contribution in [-0.2, 0) is 0 Å². The number of aromatic nitrogens is 1. The molecule has 1 heterocycles. The summed E-state index contributed by atoms with van der Waals surface area (Å²) in [6, 6.07) is 7.59. The van der Waals surface area contributed by atoms with Gasteiger partial charge in [0.25, 0.3) is 5.69 Å². The van der Waals surface area contributed by atoms with Crippen molar-refractivity contribution in [3.05, 3.63) is 58.4 Å². The van der Waals surface area contributed by atoms with Gasteiger partial charge >= 0.3 is 0 Å². The molecule has 6 heteroatoms. The normalized spacial score (nSPS) is 10.1. The molecule has 0 saturated carbocycles. The Hall–Kier alpha value is -2.63. The molecule has 0 fully saturated rings. The van der Waals surface area contributed by atoms with Crippen LogP contribution in [0.1, 0.15) is 10.4 Å². The predicted molar refractivity (Wildman–Crippen MR) is 60.9 cm³/mol. The zero-order valence-corrected chi connectivity index (χ0v) is 8.74. The standard InChI is InChI=1S/C11H9N3O3/c12-11(15)8-5-6-13(7-8)9-1-3-10(4-2-9)14(16)17/h1-7H,(H2,12,15). The lowest BCUT2D eigenvalue weighted by atomic mass is 10.3. The van der Waals surface area contributed by atoms with Crippen LogP contribution in [0.15, 0.2) is 42.7 Å². The summed E-state index contributed by atoms with van der Waals surface area (Å²) in [5.41, 5.74) is 6.27. The average molecular weight is 231 g/mol. The highest BCUT2D eigenvalue weighted by Crippen LogP contribution is 2.16. The van der Waals surface area contributed by atoms with Gasteiger partial charge in [0.05, 0.1) is 10.5 Å². The molecule has 1 aromatic heterocycles. The summed E-state index contributed by atoms with van der Waals surface area (Å²) in [5.74, 6) is -0.509. The predicted octanol–water partition coefficient (Wildman–Crippen LogP) is 1.48. The molecule has 2 N–H and O–H groups in total. The topological polar surface area (TPSA) is 91.2 Å². The van der Waals surface area contributed by atoms with E-state index in [1.807, 2.05) is 0 Å². The molecule has 0 aliphatic heterocycles. The lowest BCUT2D eigenvalue weighted by molar-refractivity contribution is -0.384. The third kappa shape index (κ3) is 2.15. The molecule has 1 aromatic carbocycles. The van der Waals surface area contributed by atoms with E-state index in [0.717, 1.165) is 5.69 Å². The molecule has 0 bridgehead atoms. The fourth-order valence-corrected chi connectivity index (χ4v) is 1.45. The number of amides is 1. The second-order valence-corrected chi connectivity index (χ2v) is 3.45. The number of rotatable bonds is 3. The number of carbonyl (C=O) groups excluding carboxylic acids is 1. The summed E-state index contributed by atoms with van der Waals surface area (Å²) in [6.07, 6.45) is 3.24. The Balaban J connectivity index is 2.33. The number of carbonyl (C=O) groups is 1. The Kier molecular flexibility index (Phi) is 2.61. The van der Waals surface area contributed by atoms with E-state index in [0.29, 0.717) is 5.56 Å². The molecule has 86 valence electrons. The third-order valence-corrected chi connectivity index (χ3v) is 2.34. The van der Waals surface area contributed by atoms with Crippen LogP contribution in [0.3, 0.4) is 0 Å². The van der Waals surface area contributed by atoms with E-state index >= 15 is 0 Å². The molecule has 0 aliphatic rings. The van der Waals surface area contributed by atoms with Crippen LogP contribution >= 0.6 is 0 Å².